The highest BCUT2D eigenvalue weighted by molar-refractivity contribution is 5.96. The van der Waals surface area contributed by atoms with Crippen LogP contribution in [0.15, 0.2) is 35.5 Å². The predicted molar refractivity (Wildman–Crippen MR) is 115 cm³/mol. The van der Waals surface area contributed by atoms with E-state index in [4.69, 9.17) is 4.74 Å². The zero-order valence-electron chi connectivity index (χ0n) is 19.1. The van der Waals surface area contributed by atoms with E-state index in [-0.39, 0.29) is 34.4 Å². The molecule has 5 heteroatoms. The van der Waals surface area contributed by atoms with Crippen LogP contribution in [0.2, 0.25) is 0 Å². The van der Waals surface area contributed by atoms with Gasteiger partial charge in [-0.05, 0) is 60.5 Å². The highest BCUT2D eigenvalue weighted by Gasteiger charge is 2.67. The standard InChI is InChI=1S/C26H34O5/c1-23(2)18-13-20(28)26(5)16-7-6-15(14-12-21(29)31-22(14)30)24(16,3)10-8-17(26)25(18,4)11-9-19(23)27/h7,9,11-12,15,17-18,20-21,28-29H,6,8,10,13H2,1-5H3/t15-,17+,18?,20+,21?,24-,25+,26-/m0/s1. The van der Waals surface area contributed by atoms with Gasteiger partial charge in [0.05, 0.1) is 6.10 Å². The Labute approximate surface area is 184 Å². The number of ether oxygens (including phenoxy) is 1. The molecule has 2 saturated carbocycles. The van der Waals surface area contributed by atoms with Crippen molar-refractivity contribution in [2.75, 3.05) is 0 Å². The maximum absolute atomic E-state index is 12.7. The van der Waals surface area contributed by atoms with Crippen LogP contribution in [0, 0.1) is 39.4 Å². The van der Waals surface area contributed by atoms with E-state index in [2.05, 4.69) is 32.9 Å². The highest BCUT2D eigenvalue weighted by Crippen LogP contribution is 2.72. The van der Waals surface area contributed by atoms with Crippen molar-refractivity contribution in [1.82, 2.24) is 0 Å². The van der Waals surface area contributed by atoms with E-state index in [0.717, 1.165) is 12.8 Å². The van der Waals surface area contributed by atoms with Crippen LogP contribution >= 0.6 is 0 Å². The Bertz CT molecular complexity index is 957. The van der Waals surface area contributed by atoms with Gasteiger partial charge in [-0.1, -0.05) is 52.3 Å². The molecule has 0 saturated heterocycles. The summed E-state index contributed by atoms with van der Waals surface area (Å²) < 4.78 is 4.99. The lowest BCUT2D eigenvalue weighted by Crippen LogP contribution is -2.63. The smallest absolute Gasteiger partial charge is 0.336 e. The van der Waals surface area contributed by atoms with Crippen molar-refractivity contribution < 1.29 is 24.5 Å². The fourth-order valence-corrected chi connectivity index (χ4v) is 8.43. The Balaban J connectivity index is 1.58. The average molecular weight is 427 g/mol. The predicted octanol–water partition coefficient (Wildman–Crippen LogP) is 3.71. The fraction of sp³-hybridized carbons (Fsp3) is 0.692. The van der Waals surface area contributed by atoms with E-state index in [1.165, 1.54) is 5.57 Å². The van der Waals surface area contributed by atoms with Gasteiger partial charge in [-0.25, -0.2) is 4.79 Å². The molecule has 2 unspecified atom stereocenters. The fourth-order valence-electron chi connectivity index (χ4n) is 8.43. The molecule has 5 nitrogen and oxygen atoms in total. The number of ketones is 1. The molecule has 2 N–H and O–H groups in total. The van der Waals surface area contributed by atoms with Gasteiger partial charge in [-0.2, -0.15) is 0 Å². The maximum Gasteiger partial charge on any atom is 0.336 e. The van der Waals surface area contributed by atoms with Gasteiger partial charge in [0.15, 0.2) is 5.78 Å². The minimum atomic E-state index is -1.16. The maximum atomic E-state index is 12.7. The third-order valence-electron chi connectivity index (χ3n) is 10.1. The number of aliphatic hydroxyl groups excluding tert-OH is 2. The van der Waals surface area contributed by atoms with Crippen molar-refractivity contribution >= 4 is 11.8 Å². The number of fused-ring (bicyclic) bond motifs is 5. The molecule has 0 radical (unpaired) electrons. The number of carbonyl (C=O) groups excluding carboxylic acids is 2. The molecule has 0 aromatic carbocycles. The van der Waals surface area contributed by atoms with E-state index in [1.54, 1.807) is 12.2 Å². The van der Waals surface area contributed by atoms with Gasteiger partial charge in [-0.3, -0.25) is 4.79 Å². The van der Waals surface area contributed by atoms with Crippen LogP contribution < -0.4 is 0 Å². The summed E-state index contributed by atoms with van der Waals surface area (Å²) in [6.07, 6.45) is 9.12. The van der Waals surface area contributed by atoms with Gasteiger partial charge in [0.25, 0.3) is 0 Å². The number of cyclic esters (lactones) is 1. The van der Waals surface area contributed by atoms with Gasteiger partial charge in [0, 0.05) is 22.3 Å². The van der Waals surface area contributed by atoms with Crippen molar-refractivity contribution in [2.24, 2.45) is 39.4 Å². The zero-order chi connectivity index (χ0) is 22.6. The van der Waals surface area contributed by atoms with Crippen LogP contribution in [0.1, 0.15) is 60.3 Å². The first-order valence-corrected chi connectivity index (χ1v) is 11.6. The number of rotatable bonds is 1. The average Bonchev–Trinajstić information content (AvgIpc) is 3.20. The molecule has 2 fully saturated rings. The molecule has 0 amide bonds. The molecular formula is C26H34O5. The van der Waals surface area contributed by atoms with Crippen LogP contribution in [0.4, 0.5) is 0 Å². The molecule has 1 aliphatic heterocycles. The monoisotopic (exact) mass is 426 g/mol. The summed E-state index contributed by atoms with van der Waals surface area (Å²) in [5, 5.41) is 21.4. The first-order chi connectivity index (χ1) is 14.4. The molecular weight excluding hydrogens is 392 g/mol. The summed E-state index contributed by atoms with van der Waals surface area (Å²) in [6.45, 7) is 10.7. The lowest BCUT2D eigenvalue weighted by atomic mass is 9.38. The molecule has 5 rings (SSSR count). The molecule has 168 valence electrons. The lowest BCUT2D eigenvalue weighted by Gasteiger charge is -2.66. The number of hydrogen-bond donors (Lipinski definition) is 2. The van der Waals surface area contributed by atoms with Crippen LogP contribution in [-0.4, -0.2) is 34.4 Å². The van der Waals surface area contributed by atoms with E-state index in [0.29, 0.717) is 18.4 Å². The number of aliphatic hydroxyl groups is 2. The Kier molecular flexibility index (Phi) is 4.23. The third-order valence-corrected chi connectivity index (χ3v) is 10.1. The summed E-state index contributed by atoms with van der Waals surface area (Å²) in [5.74, 6) is -0.00678. The molecule has 4 aliphatic carbocycles. The van der Waals surface area contributed by atoms with E-state index in [9.17, 15) is 19.8 Å². The van der Waals surface area contributed by atoms with E-state index in [1.807, 2.05) is 13.8 Å². The molecule has 0 spiro atoms. The van der Waals surface area contributed by atoms with Crippen LogP contribution in [0.3, 0.4) is 0 Å². The van der Waals surface area contributed by atoms with Gasteiger partial charge in [-0.15, -0.1) is 0 Å². The van der Waals surface area contributed by atoms with E-state index >= 15 is 0 Å². The largest absolute Gasteiger partial charge is 0.429 e. The zero-order valence-corrected chi connectivity index (χ0v) is 19.1. The Morgan fingerprint density at radius 1 is 1.06 bits per heavy atom. The number of carbonyl (C=O) groups is 2. The van der Waals surface area contributed by atoms with Crippen molar-refractivity contribution in [2.45, 2.75) is 72.7 Å². The second-order valence-electron chi connectivity index (χ2n) is 11.7. The quantitative estimate of drug-likeness (QED) is 0.493. The summed E-state index contributed by atoms with van der Waals surface area (Å²) in [7, 11) is 0. The van der Waals surface area contributed by atoms with Crippen LogP contribution in [0.5, 0.6) is 0 Å². The summed E-state index contributed by atoms with van der Waals surface area (Å²) in [5.41, 5.74) is 0.471. The minimum absolute atomic E-state index is 0.0393. The molecule has 0 aromatic heterocycles. The van der Waals surface area contributed by atoms with Gasteiger partial charge < -0.3 is 14.9 Å². The first kappa shape index (κ1) is 21.1. The molecule has 31 heavy (non-hydrogen) atoms. The van der Waals surface area contributed by atoms with Crippen molar-refractivity contribution in [3.8, 4) is 0 Å². The third kappa shape index (κ3) is 2.45. The second-order valence-corrected chi connectivity index (χ2v) is 11.7. The number of esters is 1. The molecule has 0 aromatic rings. The molecule has 1 heterocycles. The Morgan fingerprint density at radius 3 is 2.42 bits per heavy atom. The van der Waals surface area contributed by atoms with E-state index < -0.39 is 29.2 Å². The second kappa shape index (κ2) is 6.20. The molecule has 5 aliphatic rings. The summed E-state index contributed by atoms with van der Waals surface area (Å²) >= 11 is 0. The Hall–Kier alpha value is -1.72. The van der Waals surface area contributed by atoms with Crippen LogP contribution in [0.25, 0.3) is 0 Å². The van der Waals surface area contributed by atoms with Gasteiger partial charge >= 0.3 is 5.97 Å². The summed E-state index contributed by atoms with van der Waals surface area (Å²) in [6, 6.07) is 0. The normalized spacial score (nSPS) is 50.2. The minimum Gasteiger partial charge on any atom is -0.429 e. The number of allylic oxidation sites excluding steroid dienone is 3. The SMILES string of the molecule is CC1(C)C(=O)C=C[C@@]2(C)C1C[C@@H](O)[C@@]1(C)C3=CC[C@@H](C4=CC(O)OC4=O)[C@]3(C)CC[C@@H]12. The summed E-state index contributed by atoms with van der Waals surface area (Å²) in [4.78, 5) is 25.1. The van der Waals surface area contributed by atoms with Crippen molar-refractivity contribution in [1.29, 1.82) is 0 Å². The van der Waals surface area contributed by atoms with Gasteiger partial charge in [0.2, 0.25) is 6.29 Å². The van der Waals surface area contributed by atoms with Crippen LogP contribution in [-0.2, 0) is 14.3 Å². The van der Waals surface area contributed by atoms with Gasteiger partial charge in [0.1, 0.15) is 0 Å². The number of hydrogen-bond acceptors (Lipinski definition) is 5. The highest BCUT2D eigenvalue weighted by atomic mass is 16.6. The molecule has 8 atom stereocenters. The van der Waals surface area contributed by atoms with Crippen molar-refractivity contribution in [3.63, 3.8) is 0 Å². The topological polar surface area (TPSA) is 83.8 Å². The Morgan fingerprint density at radius 2 is 1.77 bits per heavy atom. The first-order valence-electron chi connectivity index (χ1n) is 11.6. The van der Waals surface area contributed by atoms with Crippen molar-refractivity contribution in [3.05, 3.63) is 35.5 Å². The molecule has 0 bridgehead atoms. The lowest BCUT2D eigenvalue weighted by molar-refractivity contribution is -0.164.